The number of hydrogen-bond donors (Lipinski definition) is 1. The van der Waals surface area contributed by atoms with Crippen molar-refractivity contribution in [2.24, 2.45) is 5.73 Å². The van der Waals surface area contributed by atoms with Crippen LogP contribution in [0.4, 0.5) is 0 Å². The summed E-state index contributed by atoms with van der Waals surface area (Å²) in [5, 5.41) is 0. The number of sulfone groups is 1. The summed E-state index contributed by atoms with van der Waals surface area (Å²) in [5.41, 5.74) is 7.07. The van der Waals surface area contributed by atoms with E-state index in [9.17, 15) is 16.8 Å². The van der Waals surface area contributed by atoms with E-state index >= 15 is 0 Å². The van der Waals surface area contributed by atoms with Crippen molar-refractivity contribution < 1.29 is 16.8 Å². The number of rotatable bonds is 5. The summed E-state index contributed by atoms with van der Waals surface area (Å²) in [6.07, 6.45) is 0.362. The maximum Gasteiger partial charge on any atom is 0.218 e. The monoisotopic (exact) mass is 332 g/mol. The number of nitrogens with zero attached hydrogens (tertiary/aromatic N) is 1. The predicted molar refractivity (Wildman–Crippen MR) is 81.8 cm³/mol. The zero-order valence-corrected chi connectivity index (χ0v) is 13.5. The van der Waals surface area contributed by atoms with Crippen LogP contribution in [0.25, 0.3) is 0 Å². The fourth-order valence-corrected chi connectivity index (χ4v) is 5.76. The average molecular weight is 332 g/mol. The molecule has 0 aliphatic carbocycles. The van der Waals surface area contributed by atoms with Gasteiger partial charge in [-0.2, -0.15) is 0 Å². The highest BCUT2D eigenvalue weighted by atomic mass is 32.2. The lowest BCUT2D eigenvalue weighted by Crippen LogP contribution is -2.38. The largest absolute Gasteiger partial charge is 0.326 e. The van der Waals surface area contributed by atoms with Crippen LogP contribution in [0.5, 0.6) is 0 Å². The second kappa shape index (κ2) is 6.04. The fourth-order valence-electron chi connectivity index (χ4n) is 2.45. The number of nitrogens with two attached hydrogens (primary N) is 1. The third-order valence-corrected chi connectivity index (χ3v) is 7.36. The Hall–Kier alpha value is -0.960. The third-order valence-electron chi connectivity index (χ3n) is 3.74. The number of hydrogen-bond acceptors (Lipinski definition) is 5. The van der Waals surface area contributed by atoms with E-state index in [4.69, 9.17) is 5.73 Å². The molecule has 2 N–H and O–H groups in total. The maximum absolute atomic E-state index is 12.4. The van der Waals surface area contributed by atoms with Gasteiger partial charge in [0.1, 0.15) is 0 Å². The van der Waals surface area contributed by atoms with Crippen molar-refractivity contribution in [3.05, 3.63) is 35.4 Å². The van der Waals surface area contributed by atoms with E-state index in [1.54, 1.807) is 18.2 Å². The van der Waals surface area contributed by atoms with Crippen LogP contribution < -0.4 is 5.73 Å². The molecule has 1 aromatic carbocycles. The molecule has 0 spiro atoms. The van der Waals surface area contributed by atoms with Crippen LogP contribution >= 0.6 is 0 Å². The number of benzene rings is 1. The van der Waals surface area contributed by atoms with E-state index in [1.165, 1.54) is 11.4 Å². The van der Waals surface area contributed by atoms with Gasteiger partial charge in [0.05, 0.1) is 17.3 Å². The summed E-state index contributed by atoms with van der Waals surface area (Å²) < 4.78 is 49.0. The van der Waals surface area contributed by atoms with Crippen LogP contribution in [-0.4, -0.2) is 45.7 Å². The Bertz CT molecular complexity index is 713. The van der Waals surface area contributed by atoms with Gasteiger partial charge >= 0.3 is 0 Å². The first kappa shape index (κ1) is 16.4. The van der Waals surface area contributed by atoms with E-state index in [2.05, 4.69) is 0 Å². The van der Waals surface area contributed by atoms with E-state index < -0.39 is 25.9 Å². The Morgan fingerprint density at radius 3 is 2.57 bits per heavy atom. The van der Waals surface area contributed by atoms with Gasteiger partial charge in [0.2, 0.25) is 10.0 Å². The minimum atomic E-state index is -3.54. The summed E-state index contributed by atoms with van der Waals surface area (Å²) in [6, 6.07) is 6.64. The first-order valence-corrected chi connectivity index (χ1v) is 10.1. The van der Waals surface area contributed by atoms with Crippen molar-refractivity contribution in [1.82, 2.24) is 4.31 Å². The molecule has 1 heterocycles. The molecule has 2 rings (SSSR count). The lowest BCUT2D eigenvalue weighted by Gasteiger charge is -2.22. The van der Waals surface area contributed by atoms with Gasteiger partial charge in [0, 0.05) is 19.6 Å². The highest BCUT2D eigenvalue weighted by Crippen LogP contribution is 2.21. The molecule has 0 bridgehead atoms. The van der Waals surface area contributed by atoms with Crippen molar-refractivity contribution in [2.75, 3.05) is 18.6 Å². The number of sulfonamides is 1. The molecule has 1 saturated heterocycles. The molecule has 0 saturated carbocycles. The molecule has 0 aromatic heterocycles. The lowest BCUT2D eigenvalue weighted by atomic mass is 10.1. The van der Waals surface area contributed by atoms with E-state index in [0.29, 0.717) is 18.5 Å². The Morgan fingerprint density at radius 1 is 1.33 bits per heavy atom. The SMILES string of the molecule is CN(C1CCS(=O)(=O)C1)S(=O)(=O)Cc1cccc(CN)c1. The molecule has 1 fully saturated rings. The van der Waals surface area contributed by atoms with Crippen LogP contribution in [0.2, 0.25) is 0 Å². The van der Waals surface area contributed by atoms with E-state index in [0.717, 1.165) is 5.56 Å². The zero-order valence-electron chi connectivity index (χ0n) is 11.9. The van der Waals surface area contributed by atoms with Crippen molar-refractivity contribution in [3.8, 4) is 0 Å². The molecule has 21 heavy (non-hydrogen) atoms. The molecule has 118 valence electrons. The molecular weight excluding hydrogens is 312 g/mol. The first-order chi connectivity index (χ1) is 9.73. The molecule has 1 aliphatic heterocycles. The highest BCUT2D eigenvalue weighted by molar-refractivity contribution is 7.92. The average Bonchev–Trinajstić information content (AvgIpc) is 2.77. The Morgan fingerprint density at radius 2 is 2.00 bits per heavy atom. The van der Waals surface area contributed by atoms with Gasteiger partial charge in [0.25, 0.3) is 0 Å². The maximum atomic E-state index is 12.4. The second-order valence-electron chi connectivity index (χ2n) is 5.35. The second-order valence-corrected chi connectivity index (χ2v) is 9.61. The van der Waals surface area contributed by atoms with Gasteiger partial charge < -0.3 is 5.73 Å². The van der Waals surface area contributed by atoms with Crippen LogP contribution in [0.1, 0.15) is 17.5 Å². The van der Waals surface area contributed by atoms with Crippen molar-refractivity contribution in [3.63, 3.8) is 0 Å². The zero-order chi connectivity index (χ0) is 15.7. The normalized spacial score (nSPS) is 21.8. The van der Waals surface area contributed by atoms with Crippen molar-refractivity contribution in [2.45, 2.75) is 24.8 Å². The molecule has 8 heteroatoms. The van der Waals surface area contributed by atoms with Crippen LogP contribution in [-0.2, 0) is 32.2 Å². The van der Waals surface area contributed by atoms with E-state index in [-0.39, 0.29) is 17.3 Å². The van der Waals surface area contributed by atoms with Crippen molar-refractivity contribution >= 4 is 19.9 Å². The standard InChI is InChI=1S/C13H20N2O4S2/c1-15(13-5-6-20(16,17)10-13)21(18,19)9-12-4-2-3-11(7-12)8-14/h2-4,7,13H,5-6,8-10,14H2,1H3. The third kappa shape index (κ3) is 4.03. The molecular formula is C13H20N2O4S2. The van der Waals surface area contributed by atoms with Gasteiger partial charge in [-0.15, -0.1) is 0 Å². The minimum absolute atomic E-state index is 0.0557. The summed E-state index contributed by atoms with van der Waals surface area (Å²) in [7, 11) is -5.20. The molecule has 0 radical (unpaired) electrons. The van der Waals surface area contributed by atoms with Crippen LogP contribution in [0, 0.1) is 0 Å². The highest BCUT2D eigenvalue weighted by Gasteiger charge is 2.35. The van der Waals surface area contributed by atoms with Gasteiger partial charge in [-0.1, -0.05) is 24.3 Å². The van der Waals surface area contributed by atoms with Crippen LogP contribution in [0.15, 0.2) is 24.3 Å². The quantitative estimate of drug-likeness (QED) is 0.824. The summed E-state index contributed by atoms with van der Waals surface area (Å²) in [6.45, 7) is 0.352. The van der Waals surface area contributed by atoms with Gasteiger partial charge in [-0.05, 0) is 17.5 Å². The summed E-state index contributed by atoms with van der Waals surface area (Å²) >= 11 is 0. The molecule has 6 nitrogen and oxygen atoms in total. The molecule has 1 unspecified atom stereocenters. The minimum Gasteiger partial charge on any atom is -0.326 e. The Balaban J connectivity index is 2.14. The Kier molecular flexibility index (Phi) is 4.72. The van der Waals surface area contributed by atoms with Gasteiger partial charge in [-0.25, -0.2) is 21.1 Å². The lowest BCUT2D eigenvalue weighted by molar-refractivity contribution is 0.393. The predicted octanol–water partition coefficient (Wildman–Crippen LogP) is 0.0940. The van der Waals surface area contributed by atoms with Gasteiger partial charge in [0.15, 0.2) is 9.84 Å². The Labute approximate surface area is 125 Å². The molecule has 1 atom stereocenters. The smallest absolute Gasteiger partial charge is 0.218 e. The van der Waals surface area contributed by atoms with Gasteiger partial charge in [-0.3, -0.25) is 0 Å². The fraction of sp³-hybridized carbons (Fsp3) is 0.538. The molecule has 1 aromatic rings. The topological polar surface area (TPSA) is 97.5 Å². The first-order valence-electron chi connectivity index (χ1n) is 6.67. The van der Waals surface area contributed by atoms with Crippen molar-refractivity contribution in [1.29, 1.82) is 0 Å². The molecule has 0 amide bonds. The molecule has 1 aliphatic rings. The van der Waals surface area contributed by atoms with E-state index in [1.807, 2.05) is 6.07 Å². The van der Waals surface area contributed by atoms with Crippen LogP contribution in [0.3, 0.4) is 0 Å². The summed E-state index contributed by atoms with van der Waals surface area (Å²) in [5.74, 6) is -0.181. The summed E-state index contributed by atoms with van der Waals surface area (Å²) in [4.78, 5) is 0.